The van der Waals surface area contributed by atoms with Crippen LogP contribution in [0.4, 0.5) is 0 Å². The number of carbonyl (C=O) groups excluding carboxylic acids is 2. The predicted octanol–water partition coefficient (Wildman–Crippen LogP) is 4.42. The summed E-state index contributed by atoms with van der Waals surface area (Å²) in [4.78, 5) is 25.6. The molecule has 5 heteroatoms. The van der Waals surface area contributed by atoms with Gasteiger partial charge >= 0.3 is 5.97 Å². The van der Waals surface area contributed by atoms with Crippen molar-refractivity contribution < 1.29 is 14.3 Å². The Labute approximate surface area is 159 Å². The summed E-state index contributed by atoms with van der Waals surface area (Å²) in [6, 6.07) is 15.1. The summed E-state index contributed by atoms with van der Waals surface area (Å²) in [6.45, 7) is 3.53. The van der Waals surface area contributed by atoms with Crippen LogP contribution >= 0.6 is 11.6 Å². The van der Waals surface area contributed by atoms with Crippen molar-refractivity contribution in [2.24, 2.45) is 0 Å². The van der Waals surface area contributed by atoms with Gasteiger partial charge in [-0.1, -0.05) is 54.1 Å². The molecule has 1 atom stereocenters. The van der Waals surface area contributed by atoms with Crippen LogP contribution in [0.1, 0.15) is 29.7 Å². The number of esters is 1. The van der Waals surface area contributed by atoms with Crippen LogP contribution in [0.15, 0.2) is 54.6 Å². The molecular weight excluding hydrogens is 350 g/mol. The number of amides is 1. The lowest BCUT2D eigenvalue weighted by molar-refractivity contribution is -0.148. The van der Waals surface area contributed by atoms with Crippen molar-refractivity contribution >= 4 is 29.6 Å². The molecular formula is C21H22ClNO3. The maximum Gasteiger partial charge on any atom is 0.331 e. The zero-order valence-corrected chi connectivity index (χ0v) is 15.9. The van der Waals surface area contributed by atoms with E-state index in [9.17, 15) is 9.59 Å². The Morgan fingerprint density at radius 1 is 1.19 bits per heavy atom. The number of benzene rings is 2. The van der Waals surface area contributed by atoms with Gasteiger partial charge in [0.15, 0.2) is 6.61 Å². The average Bonchev–Trinajstić information content (AvgIpc) is 2.66. The summed E-state index contributed by atoms with van der Waals surface area (Å²) < 4.78 is 5.04. The third-order valence-electron chi connectivity index (χ3n) is 4.20. The van der Waals surface area contributed by atoms with E-state index in [0.717, 1.165) is 16.7 Å². The molecule has 26 heavy (non-hydrogen) atoms. The molecule has 0 bridgehead atoms. The van der Waals surface area contributed by atoms with E-state index in [-0.39, 0.29) is 18.6 Å². The molecule has 0 saturated heterocycles. The number of halogens is 1. The second-order valence-corrected chi connectivity index (χ2v) is 6.45. The first-order valence-electron chi connectivity index (χ1n) is 8.30. The van der Waals surface area contributed by atoms with E-state index in [0.29, 0.717) is 5.02 Å². The normalized spacial score (nSPS) is 12.0. The van der Waals surface area contributed by atoms with Gasteiger partial charge in [-0.15, -0.1) is 0 Å². The Hall–Kier alpha value is -2.59. The summed E-state index contributed by atoms with van der Waals surface area (Å²) in [5.41, 5.74) is 2.78. The van der Waals surface area contributed by atoms with Crippen LogP contribution in [0.3, 0.4) is 0 Å². The third-order valence-corrected chi connectivity index (χ3v) is 4.61. The van der Waals surface area contributed by atoms with E-state index < -0.39 is 5.97 Å². The first-order valence-corrected chi connectivity index (χ1v) is 8.68. The quantitative estimate of drug-likeness (QED) is 0.557. The lowest BCUT2D eigenvalue weighted by atomic mass is 10.1. The maximum atomic E-state index is 12.2. The van der Waals surface area contributed by atoms with E-state index >= 15 is 0 Å². The number of nitrogens with zero attached hydrogens (tertiary/aromatic N) is 1. The minimum atomic E-state index is -0.573. The largest absolute Gasteiger partial charge is 0.452 e. The fraction of sp³-hybridized carbons (Fsp3) is 0.238. The van der Waals surface area contributed by atoms with Crippen molar-refractivity contribution in [1.82, 2.24) is 4.90 Å². The highest BCUT2D eigenvalue weighted by Crippen LogP contribution is 2.19. The Kier molecular flexibility index (Phi) is 6.98. The molecule has 0 spiro atoms. The topological polar surface area (TPSA) is 46.6 Å². The Bertz CT molecular complexity index is 802. The minimum Gasteiger partial charge on any atom is -0.452 e. The van der Waals surface area contributed by atoms with Gasteiger partial charge in [0.25, 0.3) is 5.91 Å². The third kappa shape index (κ3) is 5.46. The molecule has 2 aromatic rings. The van der Waals surface area contributed by atoms with Crippen LogP contribution in [0.2, 0.25) is 5.02 Å². The molecule has 1 amide bonds. The van der Waals surface area contributed by atoms with Crippen LogP contribution in [0.25, 0.3) is 6.08 Å². The first-order chi connectivity index (χ1) is 12.4. The van der Waals surface area contributed by atoms with Crippen LogP contribution in [-0.2, 0) is 14.3 Å². The van der Waals surface area contributed by atoms with Gasteiger partial charge in [-0.25, -0.2) is 4.79 Å². The van der Waals surface area contributed by atoms with Gasteiger partial charge in [0.1, 0.15) is 0 Å². The van der Waals surface area contributed by atoms with Crippen molar-refractivity contribution in [2.45, 2.75) is 19.9 Å². The van der Waals surface area contributed by atoms with Crippen molar-refractivity contribution in [1.29, 1.82) is 0 Å². The Morgan fingerprint density at radius 3 is 2.54 bits per heavy atom. The minimum absolute atomic E-state index is 0.104. The monoisotopic (exact) mass is 371 g/mol. The molecule has 2 aromatic carbocycles. The second-order valence-electron chi connectivity index (χ2n) is 6.04. The van der Waals surface area contributed by atoms with Crippen LogP contribution in [0, 0.1) is 6.92 Å². The molecule has 136 valence electrons. The fourth-order valence-electron chi connectivity index (χ4n) is 2.33. The first kappa shape index (κ1) is 19.7. The molecule has 0 N–H and O–H groups in total. The lowest BCUT2D eigenvalue weighted by Gasteiger charge is -2.25. The van der Waals surface area contributed by atoms with E-state index in [2.05, 4.69) is 0 Å². The number of ether oxygens (including phenoxy) is 1. The van der Waals surface area contributed by atoms with Gasteiger partial charge in [-0.05, 0) is 42.7 Å². The van der Waals surface area contributed by atoms with Gasteiger partial charge in [0.2, 0.25) is 0 Å². The standard InChI is InChI=1S/C21H22ClNO3/c1-15-9-10-17(13-19(15)22)11-12-21(25)26-14-20(24)23(3)16(2)18-7-5-4-6-8-18/h4-13,16H,14H2,1-3H3/b12-11+/t16-/m0/s1. The van der Waals surface area contributed by atoms with Crippen molar-refractivity contribution in [3.8, 4) is 0 Å². The van der Waals surface area contributed by atoms with Gasteiger partial charge in [0.05, 0.1) is 6.04 Å². The maximum absolute atomic E-state index is 12.2. The SMILES string of the molecule is Cc1ccc(/C=C/C(=O)OCC(=O)N(C)[C@@H](C)c2ccccc2)cc1Cl. The van der Waals surface area contributed by atoms with Gasteiger partial charge in [-0.2, -0.15) is 0 Å². The molecule has 0 saturated carbocycles. The second kappa shape index (κ2) is 9.20. The zero-order valence-electron chi connectivity index (χ0n) is 15.1. The molecule has 0 aliphatic carbocycles. The highest BCUT2D eigenvalue weighted by Gasteiger charge is 2.18. The molecule has 4 nitrogen and oxygen atoms in total. The summed E-state index contributed by atoms with van der Waals surface area (Å²) in [6.07, 6.45) is 2.89. The van der Waals surface area contributed by atoms with Crippen LogP contribution < -0.4 is 0 Å². The molecule has 0 aromatic heterocycles. The molecule has 0 heterocycles. The van der Waals surface area contributed by atoms with Crippen LogP contribution in [-0.4, -0.2) is 30.4 Å². The summed E-state index contributed by atoms with van der Waals surface area (Å²) in [5.74, 6) is -0.836. The molecule has 0 aliphatic rings. The number of rotatable bonds is 6. The van der Waals surface area contributed by atoms with Gasteiger partial charge in [0, 0.05) is 18.1 Å². The zero-order chi connectivity index (χ0) is 19.1. The van der Waals surface area contributed by atoms with Crippen molar-refractivity contribution in [3.05, 3.63) is 76.3 Å². The van der Waals surface area contributed by atoms with E-state index in [1.165, 1.54) is 6.08 Å². The Morgan fingerprint density at radius 2 is 1.88 bits per heavy atom. The van der Waals surface area contributed by atoms with Gasteiger partial charge in [-0.3, -0.25) is 4.79 Å². The number of hydrogen-bond donors (Lipinski definition) is 0. The summed E-state index contributed by atoms with van der Waals surface area (Å²) in [5, 5.41) is 0.632. The van der Waals surface area contributed by atoms with E-state index in [1.54, 1.807) is 24.1 Å². The molecule has 2 rings (SSSR count). The van der Waals surface area contributed by atoms with Crippen molar-refractivity contribution in [3.63, 3.8) is 0 Å². The smallest absolute Gasteiger partial charge is 0.331 e. The number of carbonyl (C=O) groups is 2. The number of hydrogen-bond acceptors (Lipinski definition) is 3. The van der Waals surface area contributed by atoms with Crippen molar-refractivity contribution in [2.75, 3.05) is 13.7 Å². The summed E-state index contributed by atoms with van der Waals surface area (Å²) in [7, 11) is 1.69. The predicted molar refractivity (Wildman–Crippen MR) is 104 cm³/mol. The van der Waals surface area contributed by atoms with E-state index in [1.807, 2.05) is 56.3 Å². The highest BCUT2D eigenvalue weighted by atomic mass is 35.5. The van der Waals surface area contributed by atoms with Crippen LogP contribution in [0.5, 0.6) is 0 Å². The Balaban J connectivity index is 1.86. The molecule has 0 radical (unpaired) electrons. The number of likely N-dealkylation sites (N-methyl/N-ethyl adjacent to an activating group) is 1. The molecule has 0 fully saturated rings. The number of aryl methyl sites for hydroxylation is 1. The van der Waals surface area contributed by atoms with Gasteiger partial charge < -0.3 is 9.64 Å². The van der Waals surface area contributed by atoms with E-state index in [4.69, 9.17) is 16.3 Å². The fourth-order valence-corrected chi connectivity index (χ4v) is 2.52. The molecule has 0 unspecified atom stereocenters. The lowest BCUT2D eigenvalue weighted by Crippen LogP contribution is -2.33. The molecule has 0 aliphatic heterocycles. The highest BCUT2D eigenvalue weighted by molar-refractivity contribution is 6.31. The average molecular weight is 372 g/mol. The summed E-state index contributed by atoms with van der Waals surface area (Å²) >= 11 is 6.05.